The predicted octanol–water partition coefficient (Wildman–Crippen LogP) is 4.04. The number of carbonyl (C=O) groups is 1. The molecular formula is C22H29NO4. The predicted molar refractivity (Wildman–Crippen MR) is 107 cm³/mol. The lowest BCUT2D eigenvalue weighted by atomic mass is 9.87. The van der Waals surface area contributed by atoms with E-state index in [4.69, 9.17) is 14.2 Å². The summed E-state index contributed by atoms with van der Waals surface area (Å²) in [4.78, 5) is 14.0. The van der Waals surface area contributed by atoms with Crippen molar-refractivity contribution in [3.05, 3.63) is 53.6 Å². The molecule has 0 saturated heterocycles. The zero-order chi connectivity index (χ0) is 20.0. The first-order chi connectivity index (χ1) is 12.7. The summed E-state index contributed by atoms with van der Waals surface area (Å²) in [5.74, 6) is 1.91. The summed E-state index contributed by atoms with van der Waals surface area (Å²) in [5, 5.41) is 0. The summed E-state index contributed by atoms with van der Waals surface area (Å²) in [6, 6.07) is 13.5. The molecule has 0 aliphatic carbocycles. The Hall–Kier alpha value is -2.69. The van der Waals surface area contributed by atoms with Gasteiger partial charge in [0.05, 0.1) is 14.2 Å². The molecule has 1 amide bonds. The van der Waals surface area contributed by atoms with Crippen LogP contribution in [-0.2, 0) is 16.8 Å². The number of rotatable bonds is 7. The third kappa shape index (κ3) is 5.64. The van der Waals surface area contributed by atoms with E-state index in [1.54, 1.807) is 26.2 Å². The second kappa shape index (κ2) is 8.80. The van der Waals surface area contributed by atoms with Crippen LogP contribution in [0.5, 0.6) is 17.2 Å². The highest BCUT2D eigenvalue weighted by atomic mass is 16.5. The molecule has 0 N–H and O–H groups in total. The molecule has 0 aliphatic rings. The minimum absolute atomic E-state index is 0.00134. The second-order valence-corrected chi connectivity index (χ2v) is 7.50. The number of carbonyl (C=O) groups excluding carboxylic acids is 1. The van der Waals surface area contributed by atoms with Gasteiger partial charge in [0.15, 0.2) is 18.1 Å². The highest BCUT2D eigenvalue weighted by Gasteiger charge is 2.14. The largest absolute Gasteiger partial charge is 0.493 e. The van der Waals surface area contributed by atoms with Crippen molar-refractivity contribution in [1.29, 1.82) is 0 Å². The van der Waals surface area contributed by atoms with Gasteiger partial charge in [-0.15, -0.1) is 0 Å². The van der Waals surface area contributed by atoms with Crippen molar-refractivity contribution >= 4 is 5.91 Å². The van der Waals surface area contributed by atoms with Crippen LogP contribution in [0.25, 0.3) is 0 Å². The Kier molecular flexibility index (Phi) is 6.72. The number of likely N-dealkylation sites (N-methyl/N-ethyl adjacent to an activating group) is 1. The maximum Gasteiger partial charge on any atom is 0.260 e. The van der Waals surface area contributed by atoms with Crippen molar-refractivity contribution in [2.75, 3.05) is 27.9 Å². The molecule has 0 saturated carbocycles. The normalized spacial score (nSPS) is 11.0. The van der Waals surface area contributed by atoms with Crippen LogP contribution < -0.4 is 14.2 Å². The standard InChI is InChI=1S/C22H29NO4/c1-22(2,3)17-8-10-18(11-9-17)27-15-21(24)23(4)14-16-7-12-19(25-5)20(13-16)26-6/h7-13H,14-15H2,1-6H3. The van der Waals surface area contributed by atoms with Crippen molar-refractivity contribution in [3.8, 4) is 17.2 Å². The topological polar surface area (TPSA) is 48.0 Å². The zero-order valence-electron chi connectivity index (χ0n) is 17.0. The molecule has 5 nitrogen and oxygen atoms in total. The summed E-state index contributed by atoms with van der Waals surface area (Å²) in [6.45, 7) is 6.95. The van der Waals surface area contributed by atoms with Gasteiger partial charge in [0.2, 0.25) is 0 Å². The maximum absolute atomic E-state index is 12.4. The van der Waals surface area contributed by atoms with E-state index in [0.29, 0.717) is 23.8 Å². The van der Waals surface area contributed by atoms with Crippen LogP contribution in [-0.4, -0.2) is 38.7 Å². The lowest BCUT2D eigenvalue weighted by Crippen LogP contribution is -2.31. The Bertz CT molecular complexity index is 763. The molecule has 2 aromatic rings. The molecule has 146 valence electrons. The van der Waals surface area contributed by atoms with Gasteiger partial charge in [-0.2, -0.15) is 0 Å². The van der Waals surface area contributed by atoms with E-state index >= 15 is 0 Å². The summed E-state index contributed by atoms with van der Waals surface area (Å²) in [7, 11) is 4.94. The molecule has 0 aromatic heterocycles. The summed E-state index contributed by atoms with van der Waals surface area (Å²) in [5.41, 5.74) is 2.28. The third-order valence-corrected chi connectivity index (χ3v) is 4.38. The Morgan fingerprint density at radius 1 is 0.963 bits per heavy atom. The molecule has 2 rings (SSSR count). The van der Waals surface area contributed by atoms with E-state index in [1.165, 1.54) is 5.56 Å². The fraction of sp³-hybridized carbons (Fsp3) is 0.409. The fourth-order valence-electron chi connectivity index (χ4n) is 2.65. The average molecular weight is 371 g/mol. The first-order valence-corrected chi connectivity index (χ1v) is 8.93. The molecule has 0 aliphatic heterocycles. The molecule has 2 aromatic carbocycles. The number of hydrogen-bond acceptors (Lipinski definition) is 4. The van der Waals surface area contributed by atoms with Crippen molar-refractivity contribution in [2.24, 2.45) is 0 Å². The highest BCUT2D eigenvalue weighted by Crippen LogP contribution is 2.28. The monoisotopic (exact) mass is 371 g/mol. The maximum atomic E-state index is 12.4. The van der Waals surface area contributed by atoms with Crippen LogP contribution in [0.4, 0.5) is 0 Å². The van der Waals surface area contributed by atoms with Crippen LogP contribution in [0.3, 0.4) is 0 Å². The van der Waals surface area contributed by atoms with Crippen molar-refractivity contribution in [2.45, 2.75) is 32.7 Å². The number of benzene rings is 2. The van der Waals surface area contributed by atoms with E-state index in [0.717, 1.165) is 5.56 Å². The van der Waals surface area contributed by atoms with Gasteiger partial charge in [-0.05, 0) is 40.8 Å². The summed E-state index contributed by atoms with van der Waals surface area (Å²) < 4.78 is 16.2. The molecule has 5 heteroatoms. The Morgan fingerprint density at radius 3 is 2.15 bits per heavy atom. The van der Waals surface area contributed by atoms with E-state index in [1.807, 2.05) is 42.5 Å². The fourth-order valence-corrected chi connectivity index (χ4v) is 2.65. The second-order valence-electron chi connectivity index (χ2n) is 7.50. The SMILES string of the molecule is COc1ccc(CN(C)C(=O)COc2ccc(C(C)(C)C)cc2)cc1OC. The molecular weight excluding hydrogens is 342 g/mol. The van der Waals surface area contributed by atoms with E-state index < -0.39 is 0 Å². The molecule has 0 spiro atoms. The number of nitrogens with zero attached hydrogens (tertiary/aromatic N) is 1. The van der Waals surface area contributed by atoms with E-state index in [-0.39, 0.29) is 17.9 Å². The van der Waals surface area contributed by atoms with Crippen molar-refractivity contribution in [1.82, 2.24) is 4.90 Å². The third-order valence-electron chi connectivity index (χ3n) is 4.38. The van der Waals surface area contributed by atoms with Crippen LogP contribution >= 0.6 is 0 Å². The summed E-state index contributed by atoms with van der Waals surface area (Å²) in [6.07, 6.45) is 0. The lowest BCUT2D eigenvalue weighted by molar-refractivity contribution is -0.132. The summed E-state index contributed by atoms with van der Waals surface area (Å²) >= 11 is 0. The van der Waals surface area contributed by atoms with Crippen molar-refractivity contribution < 1.29 is 19.0 Å². The Balaban J connectivity index is 1.92. The Labute approximate surface area is 161 Å². The number of amides is 1. The van der Waals surface area contributed by atoms with Gasteiger partial charge in [0.25, 0.3) is 5.91 Å². The first kappa shape index (κ1) is 20.6. The molecule has 0 atom stereocenters. The van der Waals surface area contributed by atoms with Gasteiger partial charge < -0.3 is 19.1 Å². The highest BCUT2D eigenvalue weighted by molar-refractivity contribution is 5.77. The van der Waals surface area contributed by atoms with E-state index in [9.17, 15) is 4.79 Å². The van der Waals surface area contributed by atoms with Gasteiger partial charge >= 0.3 is 0 Å². The van der Waals surface area contributed by atoms with Crippen LogP contribution in [0, 0.1) is 0 Å². The van der Waals surface area contributed by atoms with E-state index in [2.05, 4.69) is 20.8 Å². The van der Waals surface area contributed by atoms with Gasteiger partial charge in [0, 0.05) is 13.6 Å². The number of methoxy groups -OCH3 is 2. The molecule has 27 heavy (non-hydrogen) atoms. The molecule has 0 fully saturated rings. The smallest absolute Gasteiger partial charge is 0.260 e. The van der Waals surface area contributed by atoms with Crippen molar-refractivity contribution in [3.63, 3.8) is 0 Å². The minimum atomic E-state index is -0.0929. The molecule has 0 bridgehead atoms. The molecule has 0 radical (unpaired) electrons. The first-order valence-electron chi connectivity index (χ1n) is 8.93. The van der Waals surface area contributed by atoms with Crippen LogP contribution in [0.2, 0.25) is 0 Å². The quantitative estimate of drug-likeness (QED) is 0.737. The minimum Gasteiger partial charge on any atom is -0.493 e. The van der Waals surface area contributed by atoms with Crippen LogP contribution in [0.15, 0.2) is 42.5 Å². The van der Waals surface area contributed by atoms with Crippen LogP contribution in [0.1, 0.15) is 31.9 Å². The Morgan fingerprint density at radius 2 is 1.59 bits per heavy atom. The number of ether oxygens (including phenoxy) is 3. The number of hydrogen-bond donors (Lipinski definition) is 0. The van der Waals surface area contributed by atoms with Gasteiger partial charge in [-0.25, -0.2) is 0 Å². The molecule has 0 heterocycles. The van der Waals surface area contributed by atoms with Gasteiger partial charge in [-0.3, -0.25) is 4.79 Å². The zero-order valence-corrected chi connectivity index (χ0v) is 17.0. The van der Waals surface area contributed by atoms with Gasteiger partial charge in [0.1, 0.15) is 5.75 Å². The van der Waals surface area contributed by atoms with Gasteiger partial charge in [-0.1, -0.05) is 39.0 Å². The molecule has 0 unspecified atom stereocenters. The average Bonchev–Trinajstić information content (AvgIpc) is 2.65. The lowest BCUT2D eigenvalue weighted by Gasteiger charge is -2.20.